The third-order valence-electron chi connectivity index (χ3n) is 3.93. The van der Waals surface area contributed by atoms with Gasteiger partial charge in [-0.25, -0.2) is 0 Å². The van der Waals surface area contributed by atoms with Gasteiger partial charge in [0.05, 0.1) is 6.54 Å². The van der Waals surface area contributed by atoms with Crippen LogP contribution >= 0.6 is 0 Å². The minimum Gasteiger partial charge on any atom is -0.352 e. The van der Waals surface area contributed by atoms with E-state index in [9.17, 15) is 4.79 Å². The van der Waals surface area contributed by atoms with E-state index < -0.39 is 0 Å². The number of likely N-dealkylation sites (N-methyl/N-ethyl adjacent to an activating group) is 1. The van der Waals surface area contributed by atoms with Crippen LogP contribution in [0.2, 0.25) is 0 Å². The standard InChI is InChI=1S/C16H24N2O/c1-17-12-16(19)18-15-10-6-5-9-14(15)11-13-7-3-2-4-8-13/h2-4,7-8,14-15,17H,5-6,9-12H2,1H3,(H,18,19). The van der Waals surface area contributed by atoms with E-state index in [1.54, 1.807) is 0 Å². The molecule has 0 spiro atoms. The van der Waals surface area contributed by atoms with Crippen LogP contribution in [0, 0.1) is 5.92 Å². The van der Waals surface area contributed by atoms with Crippen LogP contribution in [0.5, 0.6) is 0 Å². The number of hydrogen-bond donors (Lipinski definition) is 2. The summed E-state index contributed by atoms with van der Waals surface area (Å²) in [7, 11) is 1.81. The lowest BCUT2D eigenvalue weighted by Crippen LogP contribution is -2.45. The highest BCUT2D eigenvalue weighted by molar-refractivity contribution is 5.78. The van der Waals surface area contributed by atoms with E-state index in [0.29, 0.717) is 18.5 Å². The monoisotopic (exact) mass is 260 g/mol. The number of hydrogen-bond acceptors (Lipinski definition) is 2. The molecule has 2 atom stereocenters. The number of carbonyl (C=O) groups excluding carboxylic acids is 1. The Morgan fingerprint density at radius 3 is 2.68 bits per heavy atom. The van der Waals surface area contributed by atoms with Gasteiger partial charge in [-0.1, -0.05) is 43.2 Å². The van der Waals surface area contributed by atoms with Gasteiger partial charge < -0.3 is 10.6 Å². The molecule has 2 N–H and O–H groups in total. The molecule has 3 nitrogen and oxygen atoms in total. The van der Waals surface area contributed by atoms with Crippen LogP contribution in [-0.2, 0) is 11.2 Å². The average molecular weight is 260 g/mol. The molecule has 1 amide bonds. The third-order valence-corrected chi connectivity index (χ3v) is 3.93. The van der Waals surface area contributed by atoms with Gasteiger partial charge in [-0.15, -0.1) is 0 Å². The van der Waals surface area contributed by atoms with Crippen LogP contribution in [-0.4, -0.2) is 25.5 Å². The molecule has 1 fully saturated rings. The summed E-state index contributed by atoms with van der Waals surface area (Å²) in [5, 5.41) is 6.10. The van der Waals surface area contributed by atoms with Crippen molar-refractivity contribution in [1.82, 2.24) is 10.6 Å². The molecular formula is C16H24N2O. The van der Waals surface area contributed by atoms with Gasteiger partial charge in [-0.3, -0.25) is 4.79 Å². The van der Waals surface area contributed by atoms with Gasteiger partial charge in [0.25, 0.3) is 0 Å². The van der Waals surface area contributed by atoms with Crippen molar-refractivity contribution in [2.75, 3.05) is 13.6 Å². The van der Waals surface area contributed by atoms with Gasteiger partial charge in [0, 0.05) is 6.04 Å². The summed E-state index contributed by atoms with van der Waals surface area (Å²) in [5.74, 6) is 0.699. The number of nitrogens with one attached hydrogen (secondary N) is 2. The Morgan fingerprint density at radius 1 is 1.21 bits per heavy atom. The van der Waals surface area contributed by atoms with Crippen molar-refractivity contribution in [2.24, 2.45) is 5.92 Å². The van der Waals surface area contributed by atoms with Crippen molar-refractivity contribution < 1.29 is 4.79 Å². The fraction of sp³-hybridized carbons (Fsp3) is 0.562. The number of carbonyl (C=O) groups is 1. The minimum atomic E-state index is 0.118. The van der Waals surface area contributed by atoms with Crippen molar-refractivity contribution in [3.8, 4) is 0 Å². The zero-order valence-corrected chi connectivity index (χ0v) is 11.7. The summed E-state index contributed by atoms with van der Waals surface area (Å²) in [6.45, 7) is 0.411. The molecule has 1 aromatic rings. The van der Waals surface area contributed by atoms with Crippen LogP contribution in [0.1, 0.15) is 31.2 Å². The number of rotatable bonds is 5. The maximum atomic E-state index is 11.7. The molecule has 0 aliphatic heterocycles. The molecule has 1 saturated carbocycles. The quantitative estimate of drug-likeness (QED) is 0.851. The highest BCUT2D eigenvalue weighted by atomic mass is 16.1. The first kappa shape index (κ1) is 14.1. The fourth-order valence-corrected chi connectivity index (χ4v) is 2.98. The van der Waals surface area contributed by atoms with Crippen LogP contribution in [0.3, 0.4) is 0 Å². The van der Waals surface area contributed by atoms with Gasteiger partial charge >= 0.3 is 0 Å². The van der Waals surface area contributed by atoms with E-state index in [2.05, 4.69) is 41.0 Å². The summed E-state index contributed by atoms with van der Waals surface area (Å²) >= 11 is 0. The molecule has 2 rings (SSSR count). The van der Waals surface area contributed by atoms with Crippen molar-refractivity contribution in [2.45, 2.75) is 38.1 Å². The second-order valence-electron chi connectivity index (χ2n) is 5.44. The Labute approximate surface area is 115 Å². The van der Waals surface area contributed by atoms with Gasteiger partial charge in [0.1, 0.15) is 0 Å². The SMILES string of the molecule is CNCC(=O)NC1CCCCC1Cc1ccccc1. The molecule has 0 bridgehead atoms. The smallest absolute Gasteiger partial charge is 0.234 e. The van der Waals surface area contributed by atoms with Crippen molar-refractivity contribution in [1.29, 1.82) is 0 Å². The molecule has 1 aliphatic rings. The van der Waals surface area contributed by atoms with Crippen LogP contribution in [0.25, 0.3) is 0 Å². The van der Waals surface area contributed by atoms with E-state index >= 15 is 0 Å². The average Bonchev–Trinajstić information content (AvgIpc) is 2.42. The first-order valence-electron chi connectivity index (χ1n) is 7.27. The Hall–Kier alpha value is -1.35. The molecule has 2 unspecified atom stereocenters. The maximum absolute atomic E-state index is 11.7. The summed E-state index contributed by atoms with van der Waals surface area (Å²) in [5.41, 5.74) is 1.38. The molecular weight excluding hydrogens is 236 g/mol. The second-order valence-corrected chi connectivity index (χ2v) is 5.44. The normalized spacial score (nSPS) is 23.0. The van der Waals surface area contributed by atoms with E-state index in [1.165, 1.54) is 24.8 Å². The van der Waals surface area contributed by atoms with Crippen LogP contribution in [0.15, 0.2) is 30.3 Å². The molecule has 1 aliphatic carbocycles. The summed E-state index contributed by atoms with van der Waals surface area (Å²) in [6.07, 6.45) is 5.93. The minimum absolute atomic E-state index is 0.118. The Kier molecular flexibility index (Phi) is 5.40. The Bertz CT molecular complexity index is 391. The lowest BCUT2D eigenvalue weighted by Gasteiger charge is -2.32. The largest absolute Gasteiger partial charge is 0.352 e. The molecule has 0 heterocycles. The Morgan fingerprint density at radius 2 is 1.95 bits per heavy atom. The first-order valence-corrected chi connectivity index (χ1v) is 7.27. The summed E-state index contributed by atoms with van der Waals surface area (Å²) in [6, 6.07) is 10.9. The molecule has 0 radical (unpaired) electrons. The van der Waals surface area contributed by atoms with Crippen LogP contribution in [0.4, 0.5) is 0 Å². The molecule has 1 aromatic carbocycles. The van der Waals surface area contributed by atoms with E-state index in [-0.39, 0.29) is 5.91 Å². The highest BCUT2D eigenvalue weighted by Gasteiger charge is 2.26. The van der Waals surface area contributed by atoms with Gasteiger partial charge in [0.15, 0.2) is 0 Å². The molecule has 19 heavy (non-hydrogen) atoms. The van der Waals surface area contributed by atoms with Crippen molar-refractivity contribution in [3.05, 3.63) is 35.9 Å². The maximum Gasteiger partial charge on any atom is 0.234 e. The Balaban J connectivity index is 1.94. The van der Waals surface area contributed by atoms with Crippen molar-refractivity contribution >= 4 is 5.91 Å². The van der Waals surface area contributed by atoms with E-state index in [0.717, 1.165) is 12.8 Å². The second kappa shape index (κ2) is 7.29. The molecule has 3 heteroatoms. The van der Waals surface area contributed by atoms with E-state index in [4.69, 9.17) is 0 Å². The topological polar surface area (TPSA) is 41.1 Å². The van der Waals surface area contributed by atoms with Crippen LogP contribution < -0.4 is 10.6 Å². The molecule has 0 aromatic heterocycles. The third kappa shape index (κ3) is 4.35. The fourth-order valence-electron chi connectivity index (χ4n) is 2.98. The van der Waals surface area contributed by atoms with Gasteiger partial charge in [-0.2, -0.15) is 0 Å². The lowest BCUT2D eigenvalue weighted by molar-refractivity contribution is -0.121. The lowest BCUT2D eigenvalue weighted by atomic mass is 9.80. The number of amides is 1. The zero-order valence-electron chi connectivity index (χ0n) is 11.7. The summed E-state index contributed by atoms with van der Waals surface area (Å²) in [4.78, 5) is 11.7. The van der Waals surface area contributed by atoms with Gasteiger partial charge in [0.2, 0.25) is 5.91 Å². The van der Waals surface area contributed by atoms with Crippen molar-refractivity contribution in [3.63, 3.8) is 0 Å². The van der Waals surface area contributed by atoms with E-state index in [1.807, 2.05) is 7.05 Å². The molecule has 104 valence electrons. The first-order chi connectivity index (χ1) is 9.29. The summed E-state index contributed by atoms with van der Waals surface area (Å²) < 4.78 is 0. The highest BCUT2D eigenvalue weighted by Crippen LogP contribution is 2.27. The zero-order chi connectivity index (χ0) is 13.5. The predicted octanol–water partition coefficient (Wildman–Crippen LogP) is 2.12. The van der Waals surface area contributed by atoms with Gasteiger partial charge in [-0.05, 0) is 37.8 Å². The molecule has 0 saturated heterocycles. The number of benzene rings is 1. The predicted molar refractivity (Wildman–Crippen MR) is 78.0 cm³/mol.